The molecule has 22 heavy (non-hydrogen) atoms. The second-order valence-electron chi connectivity index (χ2n) is 5.45. The van der Waals surface area contributed by atoms with Crippen LogP contribution in [-0.2, 0) is 16.6 Å². The van der Waals surface area contributed by atoms with Crippen molar-refractivity contribution in [1.82, 2.24) is 4.90 Å². The van der Waals surface area contributed by atoms with Crippen molar-refractivity contribution in [1.29, 1.82) is 0 Å². The molecular formula is C16H19FN2O2S. The van der Waals surface area contributed by atoms with Gasteiger partial charge in [-0.25, -0.2) is 12.8 Å². The molecular weight excluding hydrogens is 303 g/mol. The average Bonchev–Trinajstić information content (AvgIpc) is 2.42. The molecule has 0 aliphatic rings. The number of hydrogen-bond donors (Lipinski definition) is 1. The standard InChI is InChI=1S/C16H19FN2O2S/c1-12-4-5-13(11-19(2)3)10-16(12)18-22(20,21)15-8-6-14(17)7-9-15/h4-10,18H,11H2,1-3H3. The van der Waals surface area contributed by atoms with E-state index < -0.39 is 15.8 Å². The van der Waals surface area contributed by atoms with Gasteiger partial charge >= 0.3 is 0 Å². The normalized spacial score (nSPS) is 11.7. The maximum absolute atomic E-state index is 12.9. The molecule has 0 radical (unpaired) electrons. The van der Waals surface area contributed by atoms with Crippen molar-refractivity contribution in [3.05, 3.63) is 59.4 Å². The summed E-state index contributed by atoms with van der Waals surface area (Å²) in [5, 5.41) is 0. The zero-order chi connectivity index (χ0) is 16.3. The molecule has 0 amide bonds. The molecule has 118 valence electrons. The van der Waals surface area contributed by atoms with Crippen molar-refractivity contribution in [2.45, 2.75) is 18.4 Å². The summed E-state index contributed by atoms with van der Waals surface area (Å²) in [5.41, 5.74) is 2.37. The fourth-order valence-electron chi connectivity index (χ4n) is 2.06. The molecule has 2 aromatic carbocycles. The van der Waals surface area contributed by atoms with E-state index in [1.807, 2.05) is 44.1 Å². The Morgan fingerprint density at radius 2 is 1.73 bits per heavy atom. The number of rotatable bonds is 5. The molecule has 0 aliphatic carbocycles. The van der Waals surface area contributed by atoms with Crippen LogP contribution >= 0.6 is 0 Å². The third-order valence-electron chi connectivity index (χ3n) is 3.17. The molecule has 0 saturated carbocycles. The molecule has 0 aromatic heterocycles. The second-order valence-corrected chi connectivity index (χ2v) is 7.13. The first-order valence-electron chi connectivity index (χ1n) is 6.80. The zero-order valence-corrected chi connectivity index (χ0v) is 13.6. The van der Waals surface area contributed by atoms with E-state index in [0.717, 1.165) is 23.3 Å². The van der Waals surface area contributed by atoms with E-state index in [4.69, 9.17) is 0 Å². The molecule has 0 atom stereocenters. The molecule has 0 heterocycles. The van der Waals surface area contributed by atoms with Gasteiger partial charge in [-0.15, -0.1) is 0 Å². The maximum Gasteiger partial charge on any atom is 0.261 e. The Labute approximate surface area is 130 Å². The SMILES string of the molecule is Cc1ccc(CN(C)C)cc1NS(=O)(=O)c1ccc(F)cc1. The molecule has 0 saturated heterocycles. The van der Waals surface area contributed by atoms with Crippen LogP contribution in [0.1, 0.15) is 11.1 Å². The minimum atomic E-state index is -3.73. The Bertz CT molecular complexity index is 756. The van der Waals surface area contributed by atoms with E-state index in [-0.39, 0.29) is 4.90 Å². The Kier molecular flexibility index (Phi) is 4.83. The predicted molar refractivity (Wildman–Crippen MR) is 85.8 cm³/mol. The molecule has 6 heteroatoms. The number of aryl methyl sites for hydroxylation is 1. The van der Waals surface area contributed by atoms with Crippen LogP contribution < -0.4 is 4.72 Å². The lowest BCUT2D eigenvalue weighted by molar-refractivity contribution is 0.402. The van der Waals surface area contributed by atoms with Crippen molar-refractivity contribution < 1.29 is 12.8 Å². The smallest absolute Gasteiger partial charge is 0.261 e. The van der Waals surface area contributed by atoms with Gasteiger partial charge in [0.2, 0.25) is 0 Å². The average molecular weight is 322 g/mol. The first kappa shape index (κ1) is 16.5. The van der Waals surface area contributed by atoms with Crippen LogP contribution in [0.3, 0.4) is 0 Å². The third-order valence-corrected chi connectivity index (χ3v) is 4.55. The molecule has 0 unspecified atom stereocenters. The number of hydrogen-bond acceptors (Lipinski definition) is 3. The van der Waals surface area contributed by atoms with Crippen LogP contribution in [0.4, 0.5) is 10.1 Å². The largest absolute Gasteiger partial charge is 0.305 e. The van der Waals surface area contributed by atoms with Gasteiger partial charge in [0.05, 0.1) is 10.6 Å². The number of sulfonamides is 1. The van der Waals surface area contributed by atoms with Crippen molar-refractivity contribution in [2.24, 2.45) is 0 Å². The summed E-state index contributed by atoms with van der Waals surface area (Å²) in [6.45, 7) is 2.55. The highest BCUT2D eigenvalue weighted by atomic mass is 32.2. The van der Waals surface area contributed by atoms with Crippen molar-refractivity contribution >= 4 is 15.7 Å². The van der Waals surface area contributed by atoms with Gasteiger partial charge in [-0.2, -0.15) is 0 Å². The summed E-state index contributed by atoms with van der Waals surface area (Å²) in [5.74, 6) is -0.469. The summed E-state index contributed by atoms with van der Waals surface area (Å²) in [4.78, 5) is 2.04. The van der Waals surface area contributed by atoms with E-state index in [0.29, 0.717) is 12.2 Å². The minimum Gasteiger partial charge on any atom is -0.305 e. The van der Waals surface area contributed by atoms with E-state index in [9.17, 15) is 12.8 Å². The van der Waals surface area contributed by atoms with Crippen molar-refractivity contribution in [3.63, 3.8) is 0 Å². The molecule has 2 aromatic rings. The monoisotopic (exact) mass is 322 g/mol. The summed E-state index contributed by atoms with van der Waals surface area (Å²) in [6, 6.07) is 10.4. The highest BCUT2D eigenvalue weighted by Gasteiger charge is 2.15. The third kappa shape index (κ3) is 4.05. The molecule has 0 spiro atoms. The Balaban J connectivity index is 2.30. The van der Waals surface area contributed by atoms with E-state index in [2.05, 4.69) is 4.72 Å². The van der Waals surface area contributed by atoms with E-state index in [1.165, 1.54) is 12.1 Å². The topological polar surface area (TPSA) is 49.4 Å². The van der Waals surface area contributed by atoms with Crippen LogP contribution in [0.25, 0.3) is 0 Å². The lowest BCUT2D eigenvalue weighted by Gasteiger charge is -2.14. The summed E-state index contributed by atoms with van der Waals surface area (Å²) in [7, 11) is 0.165. The van der Waals surface area contributed by atoms with Gasteiger partial charge in [0.1, 0.15) is 5.82 Å². The molecule has 1 N–H and O–H groups in total. The van der Waals surface area contributed by atoms with Crippen molar-refractivity contribution in [3.8, 4) is 0 Å². The second kappa shape index (κ2) is 6.46. The number of halogens is 1. The van der Waals surface area contributed by atoms with Crippen LogP contribution in [0.2, 0.25) is 0 Å². The molecule has 0 aliphatic heterocycles. The van der Waals surface area contributed by atoms with Crippen LogP contribution in [0.15, 0.2) is 47.4 Å². The lowest BCUT2D eigenvalue weighted by Crippen LogP contribution is -2.15. The van der Waals surface area contributed by atoms with Gasteiger partial charge in [-0.3, -0.25) is 4.72 Å². The molecule has 0 bridgehead atoms. The van der Waals surface area contributed by atoms with Crippen LogP contribution in [0, 0.1) is 12.7 Å². The Morgan fingerprint density at radius 1 is 1.09 bits per heavy atom. The summed E-state index contributed by atoms with van der Waals surface area (Å²) in [6.07, 6.45) is 0. The van der Waals surface area contributed by atoms with Gasteiger partial charge in [-0.1, -0.05) is 12.1 Å². The summed E-state index contributed by atoms with van der Waals surface area (Å²) < 4.78 is 40.2. The minimum absolute atomic E-state index is 0.0336. The molecule has 2 rings (SSSR count). The van der Waals surface area contributed by atoms with E-state index >= 15 is 0 Å². The number of anilines is 1. The zero-order valence-electron chi connectivity index (χ0n) is 12.8. The predicted octanol–water partition coefficient (Wildman–Crippen LogP) is 3.00. The van der Waals surface area contributed by atoms with Gasteiger partial charge in [0, 0.05) is 6.54 Å². The fourth-order valence-corrected chi connectivity index (χ4v) is 3.18. The van der Waals surface area contributed by atoms with Crippen molar-refractivity contribution in [2.75, 3.05) is 18.8 Å². The quantitative estimate of drug-likeness (QED) is 0.920. The van der Waals surface area contributed by atoms with Gasteiger partial charge in [-0.05, 0) is 62.5 Å². The van der Waals surface area contributed by atoms with Gasteiger partial charge < -0.3 is 4.90 Å². The molecule has 0 fully saturated rings. The van der Waals surface area contributed by atoms with Crippen LogP contribution in [0.5, 0.6) is 0 Å². The number of nitrogens with zero attached hydrogens (tertiary/aromatic N) is 1. The Hall–Kier alpha value is -1.92. The lowest BCUT2D eigenvalue weighted by atomic mass is 10.1. The number of benzene rings is 2. The van der Waals surface area contributed by atoms with Crippen LogP contribution in [-0.4, -0.2) is 27.4 Å². The van der Waals surface area contributed by atoms with Gasteiger partial charge in [0.15, 0.2) is 0 Å². The highest BCUT2D eigenvalue weighted by molar-refractivity contribution is 7.92. The number of nitrogens with one attached hydrogen (secondary N) is 1. The van der Waals surface area contributed by atoms with Gasteiger partial charge in [0.25, 0.3) is 10.0 Å². The maximum atomic E-state index is 12.9. The summed E-state index contributed by atoms with van der Waals surface area (Å²) >= 11 is 0. The van der Waals surface area contributed by atoms with E-state index in [1.54, 1.807) is 0 Å². The first-order chi connectivity index (χ1) is 10.3. The first-order valence-corrected chi connectivity index (χ1v) is 8.29. The molecule has 4 nitrogen and oxygen atoms in total. The Morgan fingerprint density at radius 3 is 2.32 bits per heavy atom. The highest BCUT2D eigenvalue weighted by Crippen LogP contribution is 2.22. The fraction of sp³-hybridized carbons (Fsp3) is 0.250.